The molecule has 0 bridgehead atoms. The van der Waals surface area contributed by atoms with Gasteiger partial charge in [-0.2, -0.15) is 0 Å². The molecule has 12 heavy (non-hydrogen) atoms. The average Bonchev–Trinajstić information content (AvgIpc) is 2.35. The van der Waals surface area contributed by atoms with Crippen molar-refractivity contribution in [2.45, 2.75) is 12.5 Å². The highest BCUT2D eigenvalue weighted by atomic mass is 16.4. The Balaban J connectivity index is 2.32. The third kappa shape index (κ3) is 2.20. The number of carbonyl (C=O) groups excluding carboxylic acids is 1. The summed E-state index contributed by atoms with van der Waals surface area (Å²) in [5, 5.41) is 10.7. The summed E-state index contributed by atoms with van der Waals surface area (Å²) in [6.07, 6.45) is 0.829. The third-order valence-corrected chi connectivity index (χ3v) is 1.92. The summed E-state index contributed by atoms with van der Waals surface area (Å²) < 4.78 is 0. The maximum atomic E-state index is 10.7. The molecule has 68 valence electrons. The molecule has 1 heterocycles. The van der Waals surface area contributed by atoms with Crippen LogP contribution in [-0.4, -0.2) is 48.1 Å². The van der Waals surface area contributed by atoms with Crippen molar-refractivity contribution in [3.05, 3.63) is 0 Å². The van der Waals surface area contributed by atoms with Gasteiger partial charge < -0.3 is 15.3 Å². The number of aliphatic carboxylic acids is 1. The number of nitrogens with zero attached hydrogens (tertiary/aromatic N) is 1. The number of carbonyl (C=O) groups is 2. The van der Waals surface area contributed by atoms with Gasteiger partial charge in [0.25, 0.3) is 0 Å². The van der Waals surface area contributed by atoms with Crippen molar-refractivity contribution in [1.29, 1.82) is 0 Å². The Hall–Kier alpha value is -1.10. The topological polar surface area (TPSA) is 69.6 Å². The first kappa shape index (κ1) is 8.99. The molecule has 0 aromatic heterocycles. The van der Waals surface area contributed by atoms with Gasteiger partial charge in [-0.05, 0) is 20.0 Å². The van der Waals surface area contributed by atoms with Gasteiger partial charge in [0.15, 0.2) is 0 Å². The van der Waals surface area contributed by atoms with E-state index in [0.29, 0.717) is 0 Å². The fourth-order valence-corrected chi connectivity index (χ4v) is 1.30. The molecule has 1 aliphatic heterocycles. The Morgan fingerprint density at radius 1 is 1.58 bits per heavy atom. The number of rotatable bonds is 1. The molecule has 1 atom stereocenters. The molecule has 0 aliphatic carbocycles. The lowest BCUT2D eigenvalue weighted by Gasteiger charge is -2.10. The van der Waals surface area contributed by atoms with E-state index >= 15 is 0 Å². The normalized spacial score (nSPS) is 23.9. The van der Waals surface area contributed by atoms with Crippen LogP contribution in [0.15, 0.2) is 0 Å². The standard InChI is InChI=1S/C7H12N2O3/c1-9-3-2-5(4-9)8-6(10)7(11)12/h5H,2-4H2,1H3,(H,8,10)(H,11,12)/t5-/m1/s1. The van der Waals surface area contributed by atoms with E-state index in [4.69, 9.17) is 5.11 Å². The largest absolute Gasteiger partial charge is 0.474 e. The van der Waals surface area contributed by atoms with E-state index in [1.54, 1.807) is 0 Å². The average molecular weight is 172 g/mol. The number of hydrogen-bond acceptors (Lipinski definition) is 3. The lowest BCUT2D eigenvalue weighted by molar-refractivity contribution is -0.150. The van der Waals surface area contributed by atoms with E-state index in [1.165, 1.54) is 0 Å². The molecule has 0 spiro atoms. The predicted octanol–water partition coefficient (Wildman–Crippen LogP) is -1.11. The SMILES string of the molecule is CN1CC[C@@H](NC(=O)C(=O)O)C1. The highest BCUT2D eigenvalue weighted by molar-refractivity contribution is 6.31. The minimum atomic E-state index is -1.41. The van der Waals surface area contributed by atoms with E-state index < -0.39 is 11.9 Å². The van der Waals surface area contributed by atoms with Gasteiger partial charge in [-0.25, -0.2) is 4.79 Å². The van der Waals surface area contributed by atoms with E-state index in [1.807, 2.05) is 11.9 Å². The van der Waals surface area contributed by atoms with Crippen molar-refractivity contribution >= 4 is 11.9 Å². The van der Waals surface area contributed by atoms with Crippen LogP contribution in [0.2, 0.25) is 0 Å². The third-order valence-electron chi connectivity index (χ3n) is 1.92. The van der Waals surface area contributed by atoms with Crippen molar-refractivity contribution in [1.82, 2.24) is 10.2 Å². The Bertz CT molecular complexity index is 205. The second kappa shape index (κ2) is 3.53. The number of likely N-dealkylation sites (N-methyl/N-ethyl adjacent to an activating group) is 1. The molecule has 5 heteroatoms. The summed E-state index contributed by atoms with van der Waals surface area (Å²) in [6, 6.07) is -0.00130. The molecule has 1 saturated heterocycles. The van der Waals surface area contributed by atoms with Crippen molar-refractivity contribution in [2.24, 2.45) is 0 Å². The zero-order valence-corrected chi connectivity index (χ0v) is 6.91. The summed E-state index contributed by atoms with van der Waals surface area (Å²) >= 11 is 0. The molecule has 1 fully saturated rings. The molecule has 1 aliphatic rings. The fourth-order valence-electron chi connectivity index (χ4n) is 1.30. The van der Waals surface area contributed by atoms with Crippen molar-refractivity contribution in [3.63, 3.8) is 0 Å². The lowest BCUT2D eigenvalue weighted by atomic mass is 10.2. The molecule has 0 saturated carbocycles. The molecule has 5 nitrogen and oxygen atoms in total. The molecular formula is C7H12N2O3. The summed E-state index contributed by atoms with van der Waals surface area (Å²) in [6.45, 7) is 1.64. The summed E-state index contributed by atoms with van der Waals surface area (Å²) in [5.41, 5.74) is 0. The van der Waals surface area contributed by atoms with Gasteiger partial charge in [-0.1, -0.05) is 0 Å². The van der Waals surface area contributed by atoms with Crippen LogP contribution in [0.3, 0.4) is 0 Å². The van der Waals surface area contributed by atoms with Crippen LogP contribution in [-0.2, 0) is 9.59 Å². The smallest absolute Gasteiger partial charge is 0.394 e. The Labute approximate surface area is 70.4 Å². The van der Waals surface area contributed by atoms with Crippen LogP contribution < -0.4 is 5.32 Å². The Morgan fingerprint density at radius 3 is 2.67 bits per heavy atom. The minimum absolute atomic E-state index is 0.00130. The van der Waals surface area contributed by atoms with Crippen LogP contribution in [0.5, 0.6) is 0 Å². The second-order valence-corrected chi connectivity index (χ2v) is 3.03. The number of amides is 1. The molecular weight excluding hydrogens is 160 g/mol. The van der Waals surface area contributed by atoms with Gasteiger partial charge in [-0.3, -0.25) is 4.79 Å². The van der Waals surface area contributed by atoms with Gasteiger partial charge in [0.1, 0.15) is 0 Å². The lowest BCUT2D eigenvalue weighted by Crippen LogP contribution is -2.40. The summed E-state index contributed by atoms with van der Waals surface area (Å²) in [4.78, 5) is 22.9. The highest BCUT2D eigenvalue weighted by Gasteiger charge is 2.23. The van der Waals surface area contributed by atoms with E-state index in [0.717, 1.165) is 19.5 Å². The molecule has 0 aromatic rings. The van der Waals surface area contributed by atoms with Crippen molar-refractivity contribution in [2.75, 3.05) is 20.1 Å². The number of hydrogen-bond donors (Lipinski definition) is 2. The van der Waals surface area contributed by atoms with Crippen molar-refractivity contribution in [3.8, 4) is 0 Å². The minimum Gasteiger partial charge on any atom is -0.474 e. The van der Waals surface area contributed by atoms with Crippen LogP contribution in [0, 0.1) is 0 Å². The zero-order valence-electron chi connectivity index (χ0n) is 6.91. The van der Waals surface area contributed by atoms with Gasteiger partial charge in [0, 0.05) is 12.6 Å². The first-order valence-corrected chi connectivity index (χ1v) is 3.82. The molecule has 0 radical (unpaired) electrons. The monoisotopic (exact) mass is 172 g/mol. The maximum Gasteiger partial charge on any atom is 0.394 e. The second-order valence-electron chi connectivity index (χ2n) is 3.03. The van der Waals surface area contributed by atoms with E-state index in [9.17, 15) is 9.59 Å². The molecule has 2 N–H and O–H groups in total. The van der Waals surface area contributed by atoms with Crippen molar-refractivity contribution < 1.29 is 14.7 Å². The predicted molar refractivity (Wildman–Crippen MR) is 41.7 cm³/mol. The quantitative estimate of drug-likeness (QED) is 0.492. The van der Waals surface area contributed by atoms with Crippen LogP contribution in [0.1, 0.15) is 6.42 Å². The first-order valence-electron chi connectivity index (χ1n) is 3.82. The number of carboxylic acid groups (broad SMARTS) is 1. The molecule has 0 aromatic carbocycles. The molecule has 1 amide bonds. The highest BCUT2D eigenvalue weighted by Crippen LogP contribution is 2.05. The Kier molecular flexibility index (Phi) is 2.65. The zero-order chi connectivity index (χ0) is 9.14. The van der Waals surface area contributed by atoms with Crippen LogP contribution in [0.25, 0.3) is 0 Å². The Morgan fingerprint density at radius 2 is 2.25 bits per heavy atom. The van der Waals surface area contributed by atoms with E-state index in [2.05, 4.69) is 5.32 Å². The van der Waals surface area contributed by atoms with Gasteiger partial charge in [0.05, 0.1) is 0 Å². The summed E-state index contributed by atoms with van der Waals surface area (Å²) in [5.74, 6) is -2.32. The maximum absolute atomic E-state index is 10.7. The van der Waals surface area contributed by atoms with E-state index in [-0.39, 0.29) is 6.04 Å². The van der Waals surface area contributed by atoms with Gasteiger partial charge in [0.2, 0.25) is 0 Å². The van der Waals surface area contributed by atoms with Gasteiger partial charge in [-0.15, -0.1) is 0 Å². The molecule has 1 rings (SSSR count). The molecule has 0 unspecified atom stereocenters. The van der Waals surface area contributed by atoms with Crippen LogP contribution in [0.4, 0.5) is 0 Å². The first-order chi connectivity index (χ1) is 5.59. The number of carboxylic acids is 1. The number of likely N-dealkylation sites (tertiary alicyclic amines) is 1. The summed E-state index contributed by atoms with van der Waals surface area (Å²) in [7, 11) is 1.94. The van der Waals surface area contributed by atoms with Gasteiger partial charge >= 0.3 is 11.9 Å². The van der Waals surface area contributed by atoms with Crippen LogP contribution >= 0.6 is 0 Å². The number of nitrogens with one attached hydrogen (secondary N) is 1. The fraction of sp³-hybridized carbons (Fsp3) is 0.714.